The molecule has 2 aromatic rings. The second-order valence-electron chi connectivity index (χ2n) is 5.21. The van der Waals surface area contributed by atoms with Crippen molar-refractivity contribution in [3.63, 3.8) is 0 Å². The van der Waals surface area contributed by atoms with E-state index in [2.05, 4.69) is 37.9 Å². The van der Waals surface area contributed by atoms with Gasteiger partial charge in [0.15, 0.2) is 0 Å². The average molecular weight is 294 g/mol. The molecule has 0 unspecified atom stereocenters. The van der Waals surface area contributed by atoms with Crippen LogP contribution in [0.2, 0.25) is 0 Å². The van der Waals surface area contributed by atoms with Crippen molar-refractivity contribution >= 4 is 11.3 Å². The number of nitrogens with zero attached hydrogens (tertiary/aromatic N) is 2. The van der Waals surface area contributed by atoms with E-state index in [0.29, 0.717) is 13.0 Å². The molecular formula is C14H19FN4S. The molecule has 0 aliphatic carbocycles. The maximum atomic E-state index is 13.7. The molecule has 2 aromatic heterocycles. The van der Waals surface area contributed by atoms with Crippen LogP contribution in [0.1, 0.15) is 17.0 Å². The molecule has 0 spiro atoms. The lowest BCUT2D eigenvalue weighted by molar-refractivity contribution is 0.232. The van der Waals surface area contributed by atoms with Gasteiger partial charge < -0.3 is 5.32 Å². The average Bonchev–Trinajstić information content (AvgIpc) is 3.13. The fraction of sp³-hybridized carbons (Fsp3) is 0.500. The fourth-order valence-electron chi connectivity index (χ4n) is 2.69. The van der Waals surface area contributed by atoms with Crippen molar-refractivity contribution in [3.05, 3.63) is 40.3 Å². The molecule has 1 aliphatic rings. The lowest BCUT2D eigenvalue weighted by Gasteiger charge is -2.23. The number of rotatable bonds is 6. The Labute approximate surface area is 122 Å². The second kappa shape index (κ2) is 6.47. The third kappa shape index (κ3) is 3.45. The van der Waals surface area contributed by atoms with Crippen molar-refractivity contribution < 1.29 is 4.39 Å². The zero-order chi connectivity index (χ0) is 13.8. The van der Waals surface area contributed by atoms with Gasteiger partial charge in [0, 0.05) is 49.0 Å². The number of likely N-dealkylation sites (tertiary alicyclic amines) is 1. The molecule has 1 fully saturated rings. The Kier molecular flexibility index (Phi) is 4.44. The normalized spacial score (nSPS) is 23.4. The summed E-state index contributed by atoms with van der Waals surface area (Å²) in [6, 6.07) is 6.39. The van der Waals surface area contributed by atoms with Gasteiger partial charge in [0.25, 0.3) is 0 Å². The van der Waals surface area contributed by atoms with E-state index in [9.17, 15) is 4.39 Å². The Bertz CT molecular complexity index is 499. The van der Waals surface area contributed by atoms with Crippen LogP contribution >= 0.6 is 11.3 Å². The van der Waals surface area contributed by atoms with Gasteiger partial charge in [-0.3, -0.25) is 10.00 Å². The molecule has 2 atom stereocenters. The van der Waals surface area contributed by atoms with Gasteiger partial charge in [0.2, 0.25) is 0 Å². The van der Waals surface area contributed by atoms with E-state index in [-0.39, 0.29) is 6.04 Å². The Balaban J connectivity index is 1.50. The maximum absolute atomic E-state index is 13.7. The minimum Gasteiger partial charge on any atom is -0.310 e. The summed E-state index contributed by atoms with van der Waals surface area (Å²) in [5.74, 6) is 0. The zero-order valence-corrected chi connectivity index (χ0v) is 12.1. The summed E-state index contributed by atoms with van der Waals surface area (Å²) >= 11 is 1.74. The highest BCUT2D eigenvalue weighted by Crippen LogP contribution is 2.23. The van der Waals surface area contributed by atoms with Crippen LogP contribution in [0.15, 0.2) is 29.8 Å². The first-order valence-corrected chi connectivity index (χ1v) is 7.78. The quantitative estimate of drug-likeness (QED) is 0.858. The Morgan fingerprint density at radius 1 is 1.50 bits per heavy atom. The SMILES string of the molecule is F[C@H]1C[C@@H](CNCc2ccn[nH]2)N(Cc2cccs2)C1. The van der Waals surface area contributed by atoms with E-state index in [1.165, 1.54) is 4.88 Å². The number of hydrogen-bond donors (Lipinski definition) is 2. The molecule has 3 rings (SSSR count). The first-order chi connectivity index (χ1) is 9.81. The van der Waals surface area contributed by atoms with Crippen LogP contribution in [-0.2, 0) is 13.1 Å². The van der Waals surface area contributed by atoms with Gasteiger partial charge in [0.1, 0.15) is 6.17 Å². The molecule has 3 heterocycles. The van der Waals surface area contributed by atoms with Crippen molar-refractivity contribution in [2.75, 3.05) is 13.1 Å². The van der Waals surface area contributed by atoms with Gasteiger partial charge in [-0.2, -0.15) is 5.10 Å². The molecule has 0 saturated carbocycles. The molecule has 6 heteroatoms. The third-order valence-corrected chi connectivity index (χ3v) is 4.53. The predicted octanol–water partition coefficient (Wildman–Crippen LogP) is 2.17. The van der Waals surface area contributed by atoms with Gasteiger partial charge >= 0.3 is 0 Å². The Morgan fingerprint density at radius 2 is 2.45 bits per heavy atom. The van der Waals surface area contributed by atoms with E-state index in [1.807, 2.05) is 6.07 Å². The van der Waals surface area contributed by atoms with Crippen molar-refractivity contribution in [3.8, 4) is 0 Å². The van der Waals surface area contributed by atoms with Crippen LogP contribution in [0.5, 0.6) is 0 Å². The molecule has 4 nitrogen and oxygen atoms in total. The summed E-state index contributed by atoms with van der Waals surface area (Å²) in [5, 5.41) is 12.3. The number of H-pyrrole nitrogens is 1. The van der Waals surface area contributed by atoms with Gasteiger partial charge in [0.05, 0.1) is 0 Å². The molecule has 1 saturated heterocycles. The smallest absolute Gasteiger partial charge is 0.114 e. The predicted molar refractivity (Wildman–Crippen MR) is 78.3 cm³/mol. The lowest BCUT2D eigenvalue weighted by atomic mass is 10.2. The maximum Gasteiger partial charge on any atom is 0.114 e. The number of hydrogen-bond acceptors (Lipinski definition) is 4. The largest absolute Gasteiger partial charge is 0.310 e. The molecule has 0 aromatic carbocycles. The van der Waals surface area contributed by atoms with Crippen LogP contribution in [0.4, 0.5) is 4.39 Å². The molecular weight excluding hydrogens is 275 g/mol. The molecule has 108 valence electrons. The number of alkyl halides is 1. The number of aromatic amines is 1. The molecule has 0 radical (unpaired) electrons. The highest BCUT2D eigenvalue weighted by Gasteiger charge is 2.31. The number of aromatic nitrogens is 2. The summed E-state index contributed by atoms with van der Waals surface area (Å²) in [4.78, 5) is 3.55. The molecule has 0 bridgehead atoms. The fourth-order valence-corrected chi connectivity index (χ4v) is 3.42. The van der Waals surface area contributed by atoms with Crippen molar-refractivity contribution in [2.24, 2.45) is 0 Å². The molecule has 20 heavy (non-hydrogen) atoms. The summed E-state index contributed by atoms with van der Waals surface area (Å²) in [5.41, 5.74) is 1.06. The minimum absolute atomic E-state index is 0.273. The highest BCUT2D eigenvalue weighted by atomic mass is 32.1. The van der Waals surface area contributed by atoms with Crippen LogP contribution in [0.3, 0.4) is 0 Å². The van der Waals surface area contributed by atoms with Crippen LogP contribution in [0.25, 0.3) is 0 Å². The Hall–Kier alpha value is -1.24. The molecule has 0 amide bonds. The first-order valence-electron chi connectivity index (χ1n) is 6.91. The van der Waals surface area contributed by atoms with Crippen molar-refractivity contribution in [1.82, 2.24) is 20.4 Å². The topological polar surface area (TPSA) is 44.0 Å². The summed E-state index contributed by atoms with van der Waals surface area (Å²) in [6.07, 6.45) is 1.67. The second-order valence-corrected chi connectivity index (χ2v) is 6.24. The summed E-state index contributed by atoms with van der Waals surface area (Å²) in [6.45, 7) is 2.97. The number of nitrogens with one attached hydrogen (secondary N) is 2. The van der Waals surface area contributed by atoms with Gasteiger partial charge in [-0.25, -0.2) is 4.39 Å². The summed E-state index contributed by atoms with van der Waals surface area (Å²) < 4.78 is 13.7. The van der Waals surface area contributed by atoms with E-state index in [1.54, 1.807) is 17.5 Å². The lowest BCUT2D eigenvalue weighted by Crippen LogP contribution is -2.37. The van der Waals surface area contributed by atoms with Crippen molar-refractivity contribution in [1.29, 1.82) is 0 Å². The molecule has 1 aliphatic heterocycles. The van der Waals surface area contributed by atoms with Gasteiger partial charge in [-0.1, -0.05) is 6.07 Å². The van der Waals surface area contributed by atoms with Gasteiger partial charge in [-0.05, 0) is 23.9 Å². The van der Waals surface area contributed by atoms with E-state index >= 15 is 0 Å². The zero-order valence-electron chi connectivity index (χ0n) is 11.3. The van der Waals surface area contributed by atoms with E-state index < -0.39 is 6.17 Å². The third-order valence-electron chi connectivity index (χ3n) is 3.67. The van der Waals surface area contributed by atoms with Crippen LogP contribution in [0, 0.1) is 0 Å². The van der Waals surface area contributed by atoms with Crippen LogP contribution < -0.4 is 5.32 Å². The monoisotopic (exact) mass is 294 g/mol. The van der Waals surface area contributed by atoms with Crippen LogP contribution in [-0.4, -0.2) is 40.4 Å². The molecule has 2 N–H and O–H groups in total. The van der Waals surface area contributed by atoms with E-state index in [0.717, 1.165) is 25.3 Å². The van der Waals surface area contributed by atoms with Gasteiger partial charge in [-0.15, -0.1) is 11.3 Å². The first kappa shape index (κ1) is 13.7. The number of thiophene rings is 1. The Morgan fingerprint density at radius 3 is 3.20 bits per heavy atom. The van der Waals surface area contributed by atoms with Crippen molar-refractivity contribution in [2.45, 2.75) is 31.7 Å². The number of halogens is 1. The minimum atomic E-state index is -0.700. The highest BCUT2D eigenvalue weighted by molar-refractivity contribution is 7.09. The summed E-state index contributed by atoms with van der Waals surface area (Å²) in [7, 11) is 0. The standard InChI is InChI=1S/C14H19FN4S/c15-11-6-13(8-16-7-12-3-4-17-18-12)19(9-11)10-14-2-1-5-20-14/h1-5,11,13,16H,6-10H2,(H,17,18)/t11-,13-/m0/s1. The van der Waals surface area contributed by atoms with E-state index in [4.69, 9.17) is 0 Å².